The summed E-state index contributed by atoms with van der Waals surface area (Å²) in [5.74, 6) is -0.180. The van der Waals surface area contributed by atoms with E-state index in [1.54, 1.807) is 51.1 Å². The number of amides is 2. The number of hydrogen-bond acceptors (Lipinski definition) is 10. The van der Waals surface area contributed by atoms with Crippen molar-refractivity contribution in [2.45, 2.75) is 65.1 Å². The van der Waals surface area contributed by atoms with Gasteiger partial charge in [0.05, 0.1) is 18.8 Å². The van der Waals surface area contributed by atoms with Gasteiger partial charge in [-0.15, -0.1) is 0 Å². The van der Waals surface area contributed by atoms with Gasteiger partial charge in [0.25, 0.3) is 5.91 Å². The van der Waals surface area contributed by atoms with Crippen molar-refractivity contribution >= 4 is 26.8 Å². The lowest BCUT2D eigenvalue weighted by Gasteiger charge is -2.26. The van der Waals surface area contributed by atoms with E-state index in [1.165, 1.54) is 6.08 Å². The zero-order valence-corrected chi connectivity index (χ0v) is 22.3. The Bertz CT molecular complexity index is 884. The van der Waals surface area contributed by atoms with E-state index in [2.05, 4.69) is 10.4 Å². The SMILES string of the molecule is CC(C)OC(=O)[C@H](C)NP(OCC1CC(C)C(N(C)/C=C\C(=O)NC=O)O1)Oc1ccc(CN)cc1. The second kappa shape index (κ2) is 14.9. The second-order valence-electron chi connectivity index (χ2n) is 8.80. The molecular weight excluding hydrogens is 487 g/mol. The van der Waals surface area contributed by atoms with Crippen LogP contribution in [0.3, 0.4) is 0 Å². The molecular formula is C24H37N4O7P. The van der Waals surface area contributed by atoms with Gasteiger partial charge in [0.1, 0.15) is 18.0 Å². The number of nitrogens with zero attached hydrogens (tertiary/aromatic N) is 1. The first-order valence-corrected chi connectivity index (χ1v) is 13.0. The third kappa shape index (κ3) is 9.83. The molecule has 0 aliphatic carbocycles. The number of carbonyl (C=O) groups is 3. The van der Waals surface area contributed by atoms with Crippen molar-refractivity contribution in [3.05, 3.63) is 42.1 Å². The van der Waals surface area contributed by atoms with E-state index >= 15 is 0 Å². The van der Waals surface area contributed by atoms with Gasteiger partial charge in [-0.2, -0.15) is 0 Å². The summed E-state index contributed by atoms with van der Waals surface area (Å²) in [4.78, 5) is 35.9. The molecule has 4 unspecified atom stereocenters. The monoisotopic (exact) mass is 524 g/mol. The number of esters is 1. The minimum absolute atomic E-state index is 0.159. The standard InChI is InChI=1S/C24H37N4O7P/c1-16(2)33-24(31)18(4)27-36(35-20-8-6-19(13-25)7-9-20)32-14-21-12-17(3)23(34-21)28(5)11-10-22(30)26-15-29/h6-11,15-18,21,23,27H,12-14,25H2,1-5H3,(H,26,29,30)/b11-10-/t17?,18-,21?,23?,36?/m0/s1. The van der Waals surface area contributed by atoms with Crippen LogP contribution < -0.4 is 20.7 Å². The van der Waals surface area contributed by atoms with Crippen molar-refractivity contribution < 1.29 is 32.9 Å². The molecule has 11 nitrogen and oxygen atoms in total. The molecule has 1 aliphatic rings. The second-order valence-corrected chi connectivity index (χ2v) is 10.0. The molecule has 1 aromatic rings. The molecule has 1 aliphatic heterocycles. The fraction of sp³-hybridized carbons (Fsp3) is 0.542. The van der Waals surface area contributed by atoms with E-state index in [0.717, 1.165) is 12.0 Å². The van der Waals surface area contributed by atoms with Crippen molar-refractivity contribution in [3.8, 4) is 5.75 Å². The summed E-state index contributed by atoms with van der Waals surface area (Å²) in [6, 6.07) is 6.68. The molecule has 0 spiro atoms. The van der Waals surface area contributed by atoms with Gasteiger partial charge in [-0.3, -0.25) is 19.7 Å². The predicted octanol–water partition coefficient (Wildman–Crippen LogP) is 2.17. The van der Waals surface area contributed by atoms with Crippen LogP contribution in [0.4, 0.5) is 0 Å². The van der Waals surface area contributed by atoms with Gasteiger partial charge < -0.3 is 29.2 Å². The van der Waals surface area contributed by atoms with Gasteiger partial charge >= 0.3 is 14.5 Å². The molecule has 2 rings (SSSR count). The third-order valence-electron chi connectivity index (χ3n) is 5.25. The lowest BCUT2D eigenvalue weighted by Crippen LogP contribution is -2.35. The van der Waals surface area contributed by atoms with Crippen molar-refractivity contribution in [1.29, 1.82) is 0 Å². The molecule has 1 saturated heterocycles. The Balaban J connectivity index is 2.00. The maximum atomic E-state index is 12.3. The fourth-order valence-corrected chi connectivity index (χ4v) is 4.68. The number of nitrogens with one attached hydrogen (secondary N) is 2. The summed E-state index contributed by atoms with van der Waals surface area (Å²) < 4.78 is 23.5. The van der Waals surface area contributed by atoms with Crippen LogP contribution in [0.25, 0.3) is 0 Å². The van der Waals surface area contributed by atoms with E-state index in [4.69, 9.17) is 24.3 Å². The van der Waals surface area contributed by atoms with E-state index in [1.807, 2.05) is 19.1 Å². The summed E-state index contributed by atoms with van der Waals surface area (Å²) >= 11 is 0. The van der Waals surface area contributed by atoms with Crippen LogP contribution in [0.2, 0.25) is 0 Å². The van der Waals surface area contributed by atoms with E-state index in [-0.39, 0.29) is 31.0 Å². The predicted molar refractivity (Wildman–Crippen MR) is 135 cm³/mol. The van der Waals surface area contributed by atoms with Crippen LogP contribution in [0, 0.1) is 5.92 Å². The number of benzene rings is 1. The number of carbonyl (C=O) groups excluding carboxylic acids is 3. The zero-order chi connectivity index (χ0) is 26.7. The van der Waals surface area contributed by atoms with Crippen molar-refractivity contribution in [3.63, 3.8) is 0 Å². The summed E-state index contributed by atoms with van der Waals surface area (Å²) in [7, 11) is 0.0883. The van der Waals surface area contributed by atoms with Gasteiger partial charge in [0.15, 0.2) is 0 Å². The number of hydrogen-bond donors (Lipinski definition) is 3. The normalized spacial score (nSPS) is 21.2. The number of nitrogens with two attached hydrogens (primary N) is 1. The van der Waals surface area contributed by atoms with Crippen LogP contribution in [0.1, 0.15) is 39.7 Å². The summed E-state index contributed by atoms with van der Waals surface area (Å²) in [6.07, 6.45) is 3.15. The molecule has 1 fully saturated rings. The highest BCUT2D eigenvalue weighted by Gasteiger charge is 2.35. The largest absolute Gasteiger partial charge is 0.462 e. The maximum absolute atomic E-state index is 12.3. The van der Waals surface area contributed by atoms with Crippen LogP contribution in [-0.2, 0) is 34.9 Å². The van der Waals surface area contributed by atoms with Gasteiger partial charge in [-0.1, -0.05) is 19.1 Å². The van der Waals surface area contributed by atoms with Crippen molar-refractivity contribution in [2.24, 2.45) is 11.7 Å². The molecule has 0 aromatic heterocycles. The molecule has 4 N–H and O–H groups in total. The van der Waals surface area contributed by atoms with Crippen molar-refractivity contribution in [1.82, 2.24) is 15.3 Å². The van der Waals surface area contributed by atoms with Crippen LogP contribution in [0.15, 0.2) is 36.5 Å². The highest BCUT2D eigenvalue weighted by Crippen LogP contribution is 2.38. The molecule has 1 aromatic carbocycles. The Hall–Kier alpha value is -2.56. The minimum Gasteiger partial charge on any atom is -0.462 e. The number of rotatable bonds is 14. The molecule has 36 heavy (non-hydrogen) atoms. The first-order chi connectivity index (χ1) is 17.1. The highest BCUT2D eigenvalue weighted by molar-refractivity contribution is 7.45. The van der Waals surface area contributed by atoms with Gasteiger partial charge in [-0.25, -0.2) is 5.09 Å². The Morgan fingerprint density at radius 1 is 1.28 bits per heavy atom. The Kier molecular flexibility index (Phi) is 12.3. The first-order valence-electron chi connectivity index (χ1n) is 11.8. The third-order valence-corrected chi connectivity index (χ3v) is 6.60. The summed E-state index contributed by atoms with van der Waals surface area (Å²) in [5, 5.41) is 5.14. The number of imide groups is 1. The average molecular weight is 525 g/mol. The van der Waals surface area contributed by atoms with E-state index in [0.29, 0.717) is 18.7 Å². The Morgan fingerprint density at radius 3 is 2.58 bits per heavy atom. The average Bonchev–Trinajstić information content (AvgIpc) is 3.21. The van der Waals surface area contributed by atoms with E-state index in [9.17, 15) is 14.4 Å². The summed E-state index contributed by atoms with van der Waals surface area (Å²) in [6.45, 7) is 7.96. The van der Waals surface area contributed by atoms with Gasteiger partial charge in [-0.05, 0) is 44.9 Å². The maximum Gasteiger partial charge on any atom is 0.323 e. The molecule has 5 atom stereocenters. The fourth-order valence-electron chi connectivity index (χ4n) is 3.47. The lowest BCUT2D eigenvalue weighted by atomic mass is 10.1. The molecule has 1 heterocycles. The van der Waals surface area contributed by atoms with Gasteiger partial charge in [0, 0.05) is 31.8 Å². The smallest absolute Gasteiger partial charge is 0.323 e. The van der Waals surface area contributed by atoms with Crippen LogP contribution >= 0.6 is 8.53 Å². The summed E-state index contributed by atoms with van der Waals surface area (Å²) in [5.41, 5.74) is 6.64. The van der Waals surface area contributed by atoms with Crippen LogP contribution in [-0.4, -0.2) is 61.3 Å². The molecule has 12 heteroatoms. The van der Waals surface area contributed by atoms with Crippen molar-refractivity contribution in [2.75, 3.05) is 13.7 Å². The minimum atomic E-state index is -1.70. The number of ether oxygens (including phenoxy) is 2. The lowest BCUT2D eigenvalue weighted by molar-refractivity contribution is -0.149. The Morgan fingerprint density at radius 2 is 1.97 bits per heavy atom. The highest BCUT2D eigenvalue weighted by atomic mass is 31.2. The Labute approximate surface area is 213 Å². The first kappa shape index (κ1) is 29.7. The molecule has 200 valence electrons. The van der Waals surface area contributed by atoms with Gasteiger partial charge in [0.2, 0.25) is 6.41 Å². The molecule has 0 bridgehead atoms. The van der Waals surface area contributed by atoms with Crippen LogP contribution in [0.5, 0.6) is 5.75 Å². The molecule has 2 amide bonds. The molecule has 0 radical (unpaired) electrons. The topological polar surface area (TPSA) is 141 Å². The van der Waals surface area contributed by atoms with E-state index < -0.39 is 26.4 Å². The molecule has 0 saturated carbocycles. The quantitative estimate of drug-likeness (QED) is 0.143. The zero-order valence-electron chi connectivity index (χ0n) is 21.4.